The third-order valence-electron chi connectivity index (χ3n) is 6.08. The third-order valence-corrected chi connectivity index (χ3v) is 6.72. The molecule has 0 fully saturated rings. The second-order valence-electron chi connectivity index (χ2n) is 10.5. The Labute approximate surface area is 236 Å². The first-order valence-corrected chi connectivity index (χ1v) is 14.8. The quantitative estimate of drug-likeness (QED) is 0.259. The number of phenols is 1. The summed E-state index contributed by atoms with van der Waals surface area (Å²) in [6.45, 7) is 9.49. The summed E-state index contributed by atoms with van der Waals surface area (Å²) in [5, 5.41) is 16.5. The number of hydrogen-bond donors (Lipinski definition) is 3. The molecule has 2 unspecified atom stereocenters. The molecule has 2 aromatic rings. The van der Waals surface area contributed by atoms with Crippen LogP contribution in [0.1, 0.15) is 70.5 Å². The molecule has 39 heavy (non-hydrogen) atoms. The molecule has 0 radical (unpaired) electrons. The molecule has 2 rings (SSSR count). The monoisotopic (exact) mass is 557 g/mol. The van der Waals surface area contributed by atoms with Gasteiger partial charge in [-0.3, -0.25) is 9.59 Å². The number of ether oxygens (including phenoxy) is 1. The average molecular weight is 558 g/mol. The van der Waals surface area contributed by atoms with Gasteiger partial charge in [0.05, 0.1) is 0 Å². The van der Waals surface area contributed by atoms with Crippen molar-refractivity contribution in [2.75, 3.05) is 23.9 Å². The number of phenolic OH excluding ortho intramolecular Hbond substituents is 1. The summed E-state index contributed by atoms with van der Waals surface area (Å²) < 4.78 is 5.43. The zero-order valence-corrected chi connectivity index (χ0v) is 24.8. The van der Waals surface area contributed by atoms with Crippen LogP contribution in [0.4, 0.5) is 10.5 Å². The van der Waals surface area contributed by atoms with Gasteiger partial charge in [-0.2, -0.15) is 11.8 Å². The standard InChI is InChI=1S/C30H43N3O5S/c1-7-8-13-19-33(28(36)24(18-20-39-6)32-29(37)38-30(3,4)5)26(22-15-10-12-17-25(22)34)27(35)31-23-16-11-9-14-21(23)2/h9-12,14-17,24,26,34H,7-8,13,18-20H2,1-6H3,(H,31,35)(H,32,37). The summed E-state index contributed by atoms with van der Waals surface area (Å²) in [7, 11) is 0. The van der Waals surface area contributed by atoms with Gasteiger partial charge in [0.15, 0.2) is 0 Å². The lowest BCUT2D eigenvalue weighted by Crippen LogP contribution is -2.52. The number of carbonyl (C=O) groups excluding carboxylic acids is 3. The van der Waals surface area contributed by atoms with Gasteiger partial charge >= 0.3 is 6.09 Å². The van der Waals surface area contributed by atoms with Crippen LogP contribution in [0, 0.1) is 6.92 Å². The molecule has 3 N–H and O–H groups in total. The van der Waals surface area contributed by atoms with Gasteiger partial charge in [0.2, 0.25) is 5.91 Å². The van der Waals surface area contributed by atoms with Crippen molar-refractivity contribution >= 4 is 35.4 Å². The van der Waals surface area contributed by atoms with Gasteiger partial charge < -0.3 is 25.4 Å². The molecule has 9 heteroatoms. The average Bonchev–Trinajstić information content (AvgIpc) is 2.86. The van der Waals surface area contributed by atoms with Gasteiger partial charge in [-0.05, 0) is 70.2 Å². The number of hydrogen-bond acceptors (Lipinski definition) is 6. The predicted octanol–water partition coefficient (Wildman–Crippen LogP) is 6.05. The highest BCUT2D eigenvalue weighted by atomic mass is 32.2. The largest absolute Gasteiger partial charge is 0.508 e. The fourth-order valence-corrected chi connectivity index (χ4v) is 4.60. The minimum atomic E-state index is -1.12. The van der Waals surface area contributed by atoms with Crippen LogP contribution in [0.25, 0.3) is 0 Å². The van der Waals surface area contributed by atoms with Gasteiger partial charge in [0, 0.05) is 17.8 Å². The summed E-state index contributed by atoms with van der Waals surface area (Å²) >= 11 is 1.56. The molecule has 8 nitrogen and oxygen atoms in total. The van der Waals surface area contributed by atoms with E-state index >= 15 is 0 Å². The maximum absolute atomic E-state index is 14.2. The van der Waals surface area contributed by atoms with Crippen molar-refractivity contribution in [3.05, 3.63) is 59.7 Å². The highest BCUT2D eigenvalue weighted by molar-refractivity contribution is 7.98. The molecule has 0 bridgehead atoms. The first kappa shape index (κ1) is 32.0. The zero-order chi connectivity index (χ0) is 29.0. The lowest BCUT2D eigenvalue weighted by atomic mass is 10.00. The Morgan fingerprint density at radius 2 is 1.72 bits per heavy atom. The van der Waals surface area contributed by atoms with Gasteiger partial charge in [-0.1, -0.05) is 56.2 Å². The lowest BCUT2D eigenvalue weighted by molar-refractivity contribution is -0.141. The Balaban J connectivity index is 2.54. The number of unbranched alkanes of at least 4 members (excludes halogenated alkanes) is 2. The number of nitrogens with one attached hydrogen (secondary N) is 2. The normalized spacial score (nSPS) is 12.8. The maximum atomic E-state index is 14.2. The number of alkyl carbamates (subject to hydrolysis) is 1. The molecule has 0 heterocycles. The molecule has 0 aliphatic heterocycles. The highest BCUT2D eigenvalue weighted by Gasteiger charge is 2.37. The minimum Gasteiger partial charge on any atom is -0.508 e. The summed E-state index contributed by atoms with van der Waals surface area (Å²) in [6, 6.07) is 11.9. The molecule has 0 saturated carbocycles. The second-order valence-corrected chi connectivity index (χ2v) is 11.5. The van der Waals surface area contributed by atoms with Crippen LogP contribution in [0.2, 0.25) is 0 Å². The van der Waals surface area contributed by atoms with E-state index in [2.05, 4.69) is 17.6 Å². The Morgan fingerprint density at radius 1 is 1.05 bits per heavy atom. The van der Waals surface area contributed by atoms with Crippen molar-refractivity contribution in [3.8, 4) is 5.75 Å². The molecule has 0 saturated heterocycles. The van der Waals surface area contributed by atoms with Crippen molar-refractivity contribution in [1.29, 1.82) is 0 Å². The number of rotatable bonds is 13. The zero-order valence-electron chi connectivity index (χ0n) is 24.0. The summed E-state index contributed by atoms with van der Waals surface area (Å²) in [5.74, 6) is -0.321. The summed E-state index contributed by atoms with van der Waals surface area (Å²) in [6.07, 6.45) is 4.02. The number of aromatic hydroxyl groups is 1. The van der Waals surface area contributed by atoms with Crippen LogP contribution >= 0.6 is 11.8 Å². The van der Waals surface area contributed by atoms with E-state index in [-0.39, 0.29) is 12.3 Å². The van der Waals surface area contributed by atoms with E-state index in [1.54, 1.807) is 56.8 Å². The second kappa shape index (κ2) is 15.4. The van der Waals surface area contributed by atoms with Crippen molar-refractivity contribution in [2.24, 2.45) is 0 Å². The van der Waals surface area contributed by atoms with Crippen LogP contribution in [0.15, 0.2) is 48.5 Å². The lowest BCUT2D eigenvalue weighted by Gasteiger charge is -2.35. The van der Waals surface area contributed by atoms with Crippen molar-refractivity contribution in [2.45, 2.75) is 78.0 Å². The number of nitrogens with zero attached hydrogens (tertiary/aromatic N) is 1. The first-order chi connectivity index (χ1) is 18.5. The number of anilines is 1. The third kappa shape index (κ3) is 10.1. The Bertz CT molecular complexity index is 1100. The fourth-order valence-electron chi connectivity index (χ4n) is 4.13. The van der Waals surface area contributed by atoms with E-state index in [1.807, 2.05) is 31.4 Å². The van der Waals surface area contributed by atoms with E-state index in [9.17, 15) is 19.5 Å². The molecule has 3 amide bonds. The van der Waals surface area contributed by atoms with E-state index in [0.717, 1.165) is 18.4 Å². The topological polar surface area (TPSA) is 108 Å². The van der Waals surface area contributed by atoms with Gasteiger partial charge in [0.1, 0.15) is 23.4 Å². The van der Waals surface area contributed by atoms with Gasteiger partial charge in [-0.15, -0.1) is 0 Å². The molecule has 214 valence electrons. The Hall–Kier alpha value is -3.20. The van der Waals surface area contributed by atoms with Crippen molar-refractivity contribution in [1.82, 2.24) is 10.2 Å². The number of thioether (sulfide) groups is 1. The molecule has 0 spiro atoms. The molecular weight excluding hydrogens is 514 g/mol. The molecule has 2 aromatic carbocycles. The van der Waals surface area contributed by atoms with Crippen LogP contribution in [0.5, 0.6) is 5.75 Å². The van der Waals surface area contributed by atoms with E-state index < -0.39 is 35.6 Å². The number of amides is 3. The molecule has 0 aromatic heterocycles. The minimum absolute atomic E-state index is 0.0866. The first-order valence-electron chi connectivity index (χ1n) is 13.4. The van der Waals surface area contributed by atoms with Gasteiger partial charge in [-0.25, -0.2) is 4.79 Å². The van der Waals surface area contributed by atoms with Gasteiger partial charge in [0.25, 0.3) is 5.91 Å². The highest BCUT2D eigenvalue weighted by Crippen LogP contribution is 2.31. The smallest absolute Gasteiger partial charge is 0.408 e. The molecule has 0 aliphatic rings. The van der Waals surface area contributed by atoms with Crippen molar-refractivity contribution < 1.29 is 24.2 Å². The van der Waals surface area contributed by atoms with Crippen LogP contribution in [-0.2, 0) is 14.3 Å². The summed E-state index contributed by atoms with van der Waals surface area (Å²) in [4.78, 5) is 42.3. The molecular formula is C30H43N3O5S. The molecule has 2 atom stereocenters. The molecule has 0 aliphatic carbocycles. The number of para-hydroxylation sites is 2. The predicted molar refractivity (Wildman–Crippen MR) is 158 cm³/mol. The van der Waals surface area contributed by atoms with Crippen LogP contribution < -0.4 is 10.6 Å². The van der Waals surface area contributed by atoms with E-state index in [0.29, 0.717) is 29.8 Å². The van der Waals surface area contributed by atoms with Crippen LogP contribution in [-0.4, -0.2) is 58.1 Å². The maximum Gasteiger partial charge on any atom is 0.408 e. The van der Waals surface area contributed by atoms with Crippen LogP contribution in [0.3, 0.4) is 0 Å². The SMILES string of the molecule is CCCCCN(C(=O)C(CCSC)NC(=O)OC(C)(C)C)C(C(=O)Nc1ccccc1C)c1ccccc1O. The Kier molecular flexibility index (Phi) is 12.6. The van der Waals surface area contributed by atoms with E-state index in [4.69, 9.17) is 4.74 Å². The number of carbonyl (C=O) groups is 3. The van der Waals surface area contributed by atoms with E-state index in [1.165, 1.54) is 11.0 Å². The fraction of sp³-hybridized carbons (Fsp3) is 0.500. The Morgan fingerprint density at radius 3 is 2.33 bits per heavy atom. The number of aryl methyl sites for hydroxylation is 1. The van der Waals surface area contributed by atoms with Crippen molar-refractivity contribution in [3.63, 3.8) is 0 Å². The number of benzene rings is 2. The summed E-state index contributed by atoms with van der Waals surface area (Å²) in [5.41, 5.74) is 1.07.